The minimum atomic E-state index is -0.103. The molecule has 0 aliphatic carbocycles. The second-order valence-corrected chi connectivity index (χ2v) is 9.12. The number of amides is 1. The molecule has 1 aliphatic rings. The van der Waals surface area contributed by atoms with Crippen molar-refractivity contribution in [2.75, 3.05) is 13.1 Å². The summed E-state index contributed by atoms with van der Waals surface area (Å²) in [6.45, 7) is 4.36. The van der Waals surface area contributed by atoms with Crippen LogP contribution >= 0.6 is 0 Å². The standard InChI is InChI=1S/C29H34N2O/c1-29(26-13-7-3-8-14-26,27-15-9-4-10-16-27)20-17-28(30-23-32)31-21-18-25(19-22-31)24-11-5-2-6-12-24/h2-16,23,25,28H,17-22H2,1H3,(H,30,32). The monoisotopic (exact) mass is 426 g/mol. The van der Waals surface area contributed by atoms with Gasteiger partial charge in [0.15, 0.2) is 0 Å². The lowest BCUT2D eigenvalue weighted by atomic mass is 9.72. The molecule has 0 bridgehead atoms. The molecule has 0 radical (unpaired) electrons. The number of piperidine rings is 1. The van der Waals surface area contributed by atoms with Gasteiger partial charge in [0.25, 0.3) is 0 Å². The number of rotatable bonds is 9. The number of hydrogen-bond acceptors (Lipinski definition) is 2. The van der Waals surface area contributed by atoms with Gasteiger partial charge in [-0.25, -0.2) is 0 Å². The Morgan fingerprint density at radius 3 is 1.88 bits per heavy atom. The van der Waals surface area contributed by atoms with Crippen LogP contribution in [0.15, 0.2) is 91.0 Å². The molecule has 32 heavy (non-hydrogen) atoms. The van der Waals surface area contributed by atoms with Gasteiger partial charge in [0, 0.05) is 18.5 Å². The molecule has 1 saturated heterocycles. The van der Waals surface area contributed by atoms with Crippen molar-refractivity contribution in [2.45, 2.75) is 50.1 Å². The molecule has 1 N–H and O–H groups in total. The Labute approximate surface area is 192 Å². The SMILES string of the molecule is CC(CCC(NC=O)N1CCC(c2ccccc2)CC1)(c1ccccc1)c1ccccc1. The Morgan fingerprint density at radius 1 is 0.875 bits per heavy atom. The molecule has 3 aromatic rings. The van der Waals surface area contributed by atoms with Crippen molar-refractivity contribution in [2.24, 2.45) is 0 Å². The summed E-state index contributed by atoms with van der Waals surface area (Å²) in [5.41, 5.74) is 3.97. The van der Waals surface area contributed by atoms with Crippen molar-refractivity contribution in [1.82, 2.24) is 10.2 Å². The van der Waals surface area contributed by atoms with E-state index in [0.29, 0.717) is 5.92 Å². The summed E-state index contributed by atoms with van der Waals surface area (Å²) >= 11 is 0. The van der Waals surface area contributed by atoms with Crippen molar-refractivity contribution in [1.29, 1.82) is 0 Å². The van der Waals surface area contributed by atoms with Crippen LogP contribution in [0.2, 0.25) is 0 Å². The molecule has 1 aliphatic heterocycles. The molecule has 0 aromatic heterocycles. The molecular weight excluding hydrogens is 392 g/mol. The van der Waals surface area contributed by atoms with Crippen LogP contribution in [0.1, 0.15) is 55.2 Å². The summed E-state index contributed by atoms with van der Waals surface area (Å²) in [5, 5.41) is 3.13. The first kappa shape index (κ1) is 22.3. The van der Waals surface area contributed by atoms with Crippen LogP contribution < -0.4 is 5.32 Å². The quantitative estimate of drug-likeness (QED) is 0.444. The summed E-state index contributed by atoms with van der Waals surface area (Å²) < 4.78 is 0. The van der Waals surface area contributed by atoms with Crippen LogP contribution in [0.3, 0.4) is 0 Å². The molecule has 4 rings (SSSR count). The van der Waals surface area contributed by atoms with Crippen LogP contribution in [-0.2, 0) is 10.2 Å². The minimum absolute atomic E-state index is 0.0657. The molecule has 3 aromatic carbocycles. The fourth-order valence-electron chi connectivity index (χ4n) is 5.21. The average molecular weight is 427 g/mol. The van der Waals surface area contributed by atoms with E-state index in [0.717, 1.165) is 45.2 Å². The lowest BCUT2D eigenvalue weighted by Crippen LogP contribution is -2.49. The van der Waals surface area contributed by atoms with Crippen LogP contribution in [0.25, 0.3) is 0 Å². The lowest BCUT2D eigenvalue weighted by Gasteiger charge is -2.39. The lowest BCUT2D eigenvalue weighted by molar-refractivity contribution is -0.111. The number of hydrogen-bond donors (Lipinski definition) is 1. The van der Waals surface area contributed by atoms with Gasteiger partial charge in [0.1, 0.15) is 0 Å². The first-order chi connectivity index (χ1) is 15.7. The van der Waals surface area contributed by atoms with E-state index >= 15 is 0 Å². The highest BCUT2D eigenvalue weighted by Crippen LogP contribution is 2.37. The first-order valence-corrected chi connectivity index (χ1v) is 11.8. The van der Waals surface area contributed by atoms with Gasteiger partial charge in [-0.15, -0.1) is 0 Å². The van der Waals surface area contributed by atoms with E-state index in [1.165, 1.54) is 16.7 Å². The van der Waals surface area contributed by atoms with E-state index in [4.69, 9.17) is 0 Å². The van der Waals surface area contributed by atoms with Gasteiger partial charge in [-0.2, -0.15) is 0 Å². The topological polar surface area (TPSA) is 32.3 Å². The number of carbonyl (C=O) groups excluding carboxylic acids is 1. The average Bonchev–Trinajstić information content (AvgIpc) is 2.88. The third-order valence-corrected chi connectivity index (χ3v) is 7.24. The molecule has 1 fully saturated rings. The fraction of sp³-hybridized carbons (Fsp3) is 0.345. The van der Waals surface area contributed by atoms with E-state index in [-0.39, 0.29) is 11.6 Å². The second kappa shape index (κ2) is 10.6. The van der Waals surface area contributed by atoms with E-state index in [2.05, 4.69) is 108 Å². The largest absolute Gasteiger partial charge is 0.343 e. The number of nitrogens with zero attached hydrogens (tertiary/aromatic N) is 1. The van der Waals surface area contributed by atoms with Crippen molar-refractivity contribution >= 4 is 6.41 Å². The Kier molecular flexibility index (Phi) is 7.39. The molecule has 1 amide bonds. The maximum Gasteiger partial charge on any atom is 0.208 e. The van der Waals surface area contributed by atoms with Crippen molar-refractivity contribution in [3.05, 3.63) is 108 Å². The molecule has 0 spiro atoms. The highest BCUT2D eigenvalue weighted by molar-refractivity contribution is 5.46. The predicted molar refractivity (Wildman–Crippen MR) is 132 cm³/mol. The molecule has 3 nitrogen and oxygen atoms in total. The van der Waals surface area contributed by atoms with Gasteiger partial charge in [0.2, 0.25) is 6.41 Å². The molecule has 0 saturated carbocycles. The van der Waals surface area contributed by atoms with Crippen LogP contribution in [0, 0.1) is 0 Å². The van der Waals surface area contributed by atoms with Gasteiger partial charge in [-0.1, -0.05) is 97.9 Å². The van der Waals surface area contributed by atoms with Gasteiger partial charge >= 0.3 is 0 Å². The van der Waals surface area contributed by atoms with E-state index < -0.39 is 0 Å². The smallest absolute Gasteiger partial charge is 0.208 e. The Hall–Kier alpha value is -2.91. The summed E-state index contributed by atoms with van der Waals surface area (Å²) in [5.74, 6) is 0.614. The number of benzene rings is 3. The van der Waals surface area contributed by atoms with Crippen LogP contribution in [-0.4, -0.2) is 30.6 Å². The summed E-state index contributed by atoms with van der Waals surface area (Å²) in [6.07, 6.45) is 5.08. The molecule has 1 heterocycles. The van der Waals surface area contributed by atoms with Gasteiger partial charge in [-0.3, -0.25) is 9.69 Å². The van der Waals surface area contributed by atoms with E-state index in [1.54, 1.807) is 0 Å². The van der Waals surface area contributed by atoms with E-state index in [9.17, 15) is 4.79 Å². The van der Waals surface area contributed by atoms with Crippen molar-refractivity contribution < 1.29 is 4.79 Å². The normalized spacial score (nSPS) is 16.4. The number of carbonyl (C=O) groups is 1. The van der Waals surface area contributed by atoms with Gasteiger partial charge < -0.3 is 5.32 Å². The summed E-state index contributed by atoms with van der Waals surface area (Å²) in [6, 6.07) is 32.3. The Morgan fingerprint density at radius 2 is 1.38 bits per heavy atom. The molecular formula is C29H34N2O. The number of nitrogens with one attached hydrogen (secondary N) is 1. The maximum atomic E-state index is 11.5. The molecule has 1 atom stereocenters. The van der Waals surface area contributed by atoms with Crippen molar-refractivity contribution in [3.63, 3.8) is 0 Å². The van der Waals surface area contributed by atoms with Gasteiger partial charge in [0.05, 0.1) is 6.17 Å². The maximum absolute atomic E-state index is 11.5. The zero-order valence-corrected chi connectivity index (χ0v) is 19.0. The minimum Gasteiger partial charge on any atom is -0.343 e. The molecule has 3 heteroatoms. The molecule has 1 unspecified atom stereocenters. The van der Waals surface area contributed by atoms with Crippen molar-refractivity contribution in [3.8, 4) is 0 Å². The Balaban J connectivity index is 1.47. The fourth-order valence-corrected chi connectivity index (χ4v) is 5.21. The predicted octanol–water partition coefficient (Wildman–Crippen LogP) is 5.72. The summed E-state index contributed by atoms with van der Waals surface area (Å²) in [7, 11) is 0. The third kappa shape index (κ3) is 5.11. The Bertz CT molecular complexity index is 911. The van der Waals surface area contributed by atoms with Crippen LogP contribution in [0.5, 0.6) is 0 Å². The number of likely N-dealkylation sites (tertiary alicyclic amines) is 1. The second-order valence-electron chi connectivity index (χ2n) is 9.12. The zero-order valence-electron chi connectivity index (χ0n) is 19.0. The summed E-state index contributed by atoms with van der Waals surface area (Å²) in [4.78, 5) is 13.9. The zero-order chi connectivity index (χ0) is 22.2. The highest BCUT2D eigenvalue weighted by atomic mass is 16.1. The molecule has 166 valence electrons. The van der Waals surface area contributed by atoms with Gasteiger partial charge in [-0.05, 0) is 48.3 Å². The highest BCUT2D eigenvalue weighted by Gasteiger charge is 2.32. The first-order valence-electron chi connectivity index (χ1n) is 11.8. The van der Waals surface area contributed by atoms with Crippen LogP contribution in [0.4, 0.5) is 0 Å². The third-order valence-electron chi connectivity index (χ3n) is 7.24. The van der Waals surface area contributed by atoms with E-state index in [1.807, 2.05) is 0 Å².